The Balaban J connectivity index is 1.64. The molecule has 136 valence electrons. The number of aliphatic hydroxyl groups excluding tert-OH is 1. The first-order valence-corrected chi connectivity index (χ1v) is 8.92. The van der Waals surface area contributed by atoms with Crippen LogP contribution in [0.25, 0.3) is 0 Å². The predicted molar refractivity (Wildman–Crippen MR) is 89.6 cm³/mol. The van der Waals surface area contributed by atoms with E-state index in [1.54, 1.807) is 6.07 Å². The lowest BCUT2D eigenvalue weighted by atomic mass is 9.81. The van der Waals surface area contributed by atoms with E-state index in [1.165, 1.54) is 4.90 Å². The molecule has 4 rings (SSSR count). The van der Waals surface area contributed by atoms with Crippen LogP contribution < -0.4 is 0 Å². The Morgan fingerprint density at radius 1 is 1.32 bits per heavy atom. The van der Waals surface area contributed by atoms with Gasteiger partial charge in [0.15, 0.2) is 0 Å². The molecule has 0 radical (unpaired) electrons. The molecule has 4 heterocycles. The molecule has 0 aromatic carbocycles. The molecular weight excluding hydrogens is 322 g/mol. The third-order valence-electron chi connectivity index (χ3n) is 5.79. The summed E-state index contributed by atoms with van der Waals surface area (Å²) in [4.78, 5) is 31.7. The number of carbonyl (C=O) groups excluding carboxylic acids is 2. The highest BCUT2D eigenvalue weighted by Crippen LogP contribution is 2.41. The summed E-state index contributed by atoms with van der Waals surface area (Å²) in [6.45, 7) is 7.81. The number of β-amino-alcohol motifs (C(OH)–C–C–N with tert-alkyl or cyclic N) is 1. The van der Waals surface area contributed by atoms with E-state index in [0.717, 1.165) is 5.76 Å². The highest BCUT2D eigenvalue weighted by molar-refractivity contribution is 6.06. The number of hydrogen-bond acceptors (Lipinski definition) is 6. The number of piperazine rings is 1. The van der Waals surface area contributed by atoms with Gasteiger partial charge in [0.05, 0.1) is 18.7 Å². The normalized spacial score (nSPS) is 29.6. The minimum Gasteiger partial charge on any atom is -0.464 e. The van der Waals surface area contributed by atoms with E-state index in [0.29, 0.717) is 37.9 Å². The summed E-state index contributed by atoms with van der Waals surface area (Å²) in [5, 5.41) is 10.1. The average molecular weight is 347 g/mol. The van der Waals surface area contributed by atoms with Crippen molar-refractivity contribution in [3.05, 3.63) is 23.7 Å². The van der Waals surface area contributed by atoms with E-state index >= 15 is 0 Å². The number of furan rings is 1. The Hall–Kier alpha value is -1.70. The minimum absolute atomic E-state index is 0.159. The van der Waals surface area contributed by atoms with Gasteiger partial charge in [-0.1, -0.05) is 0 Å². The summed E-state index contributed by atoms with van der Waals surface area (Å²) in [6, 6.07) is 3.57. The lowest BCUT2D eigenvalue weighted by molar-refractivity contribution is -0.182. The first kappa shape index (κ1) is 16.8. The predicted octanol–water partition coefficient (Wildman–Crippen LogP) is 0.355. The Morgan fingerprint density at radius 2 is 2.04 bits per heavy atom. The molecule has 0 bridgehead atoms. The van der Waals surface area contributed by atoms with Crippen LogP contribution in [0.5, 0.6) is 0 Å². The Bertz CT molecular complexity index is 707. The molecule has 1 aromatic rings. The molecule has 0 saturated carbocycles. The molecule has 2 atom stereocenters. The van der Waals surface area contributed by atoms with Crippen molar-refractivity contribution in [1.29, 1.82) is 0 Å². The zero-order chi connectivity index (χ0) is 17.9. The molecule has 7 heteroatoms. The van der Waals surface area contributed by atoms with Crippen LogP contribution in [0.1, 0.15) is 31.8 Å². The maximum Gasteiger partial charge on any atom is 0.252 e. The van der Waals surface area contributed by atoms with Gasteiger partial charge < -0.3 is 9.52 Å². The van der Waals surface area contributed by atoms with Gasteiger partial charge in [-0.3, -0.25) is 24.3 Å². The molecule has 1 aromatic heterocycles. The lowest BCUT2D eigenvalue weighted by Crippen LogP contribution is -2.82. The first-order valence-electron chi connectivity index (χ1n) is 8.92. The number of hydrogen-bond donors (Lipinski definition) is 1. The second kappa shape index (κ2) is 5.65. The van der Waals surface area contributed by atoms with Gasteiger partial charge in [-0.2, -0.15) is 0 Å². The van der Waals surface area contributed by atoms with Crippen molar-refractivity contribution in [2.24, 2.45) is 0 Å². The molecule has 25 heavy (non-hydrogen) atoms. The summed E-state index contributed by atoms with van der Waals surface area (Å²) in [7, 11) is 0. The molecule has 3 fully saturated rings. The molecule has 0 aliphatic carbocycles. The second-order valence-electron chi connectivity index (χ2n) is 7.83. The number of aliphatic hydroxyl groups is 1. The summed E-state index contributed by atoms with van der Waals surface area (Å²) < 4.78 is 5.58. The van der Waals surface area contributed by atoms with Crippen molar-refractivity contribution in [2.75, 3.05) is 19.6 Å². The van der Waals surface area contributed by atoms with Crippen LogP contribution in [0, 0.1) is 6.92 Å². The van der Waals surface area contributed by atoms with Crippen molar-refractivity contribution < 1.29 is 19.1 Å². The molecular formula is C18H25N3O4. The van der Waals surface area contributed by atoms with Crippen LogP contribution in [0.15, 0.2) is 16.5 Å². The SMILES string of the molecule is Cc1ccc(CN2C(=O)[C@@H]3C[C@@H](O)CN3C3(CN(C(C)C)C3)C2=O)o1. The van der Waals surface area contributed by atoms with Crippen LogP contribution in [-0.2, 0) is 16.1 Å². The van der Waals surface area contributed by atoms with Gasteiger partial charge in [-0.15, -0.1) is 0 Å². The maximum absolute atomic E-state index is 13.3. The fourth-order valence-corrected chi connectivity index (χ4v) is 4.36. The van der Waals surface area contributed by atoms with E-state index in [-0.39, 0.29) is 18.4 Å². The van der Waals surface area contributed by atoms with E-state index in [9.17, 15) is 14.7 Å². The molecule has 1 spiro atoms. The zero-order valence-corrected chi connectivity index (χ0v) is 14.9. The molecule has 0 unspecified atom stereocenters. The van der Waals surface area contributed by atoms with Gasteiger partial charge in [0, 0.05) is 25.7 Å². The smallest absolute Gasteiger partial charge is 0.252 e. The zero-order valence-electron chi connectivity index (χ0n) is 14.9. The fraction of sp³-hybridized carbons (Fsp3) is 0.667. The summed E-state index contributed by atoms with van der Waals surface area (Å²) in [5.74, 6) is 0.994. The fourth-order valence-electron chi connectivity index (χ4n) is 4.36. The molecule has 2 amide bonds. The maximum atomic E-state index is 13.3. The molecule has 1 N–H and O–H groups in total. The van der Waals surface area contributed by atoms with Crippen LogP contribution in [-0.4, -0.2) is 75.0 Å². The van der Waals surface area contributed by atoms with Gasteiger partial charge in [-0.05, 0) is 39.3 Å². The van der Waals surface area contributed by atoms with Crippen molar-refractivity contribution in [3.63, 3.8) is 0 Å². The van der Waals surface area contributed by atoms with Crippen LogP contribution >= 0.6 is 0 Å². The third-order valence-corrected chi connectivity index (χ3v) is 5.79. The summed E-state index contributed by atoms with van der Waals surface area (Å²) in [6.07, 6.45) is -0.166. The van der Waals surface area contributed by atoms with Crippen molar-refractivity contribution >= 4 is 11.8 Å². The lowest BCUT2D eigenvalue weighted by Gasteiger charge is -2.59. The van der Waals surface area contributed by atoms with Crippen molar-refractivity contribution in [2.45, 2.75) is 57.5 Å². The number of carbonyl (C=O) groups is 2. The van der Waals surface area contributed by atoms with Gasteiger partial charge in [0.1, 0.15) is 17.1 Å². The van der Waals surface area contributed by atoms with Crippen LogP contribution in [0.3, 0.4) is 0 Å². The largest absolute Gasteiger partial charge is 0.464 e. The molecule has 7 nitrogen and oxygen atoms in total. The average Bonchev–Trinajstić information content (AvgIpc) is 3.08. The molecule has 3 aliphatic heterocycles. The van der Waals surface area contributed by atoms with E-state index < -0.39 is 17.7 Å². The molecule has 3 aliphatic rings. The van der Waals surface area contributed by atoms with E-state index in [1.807, 2.05) is 17.9 Å². The summed E-state index contributed by atoms with van der Waals surface area (Å²) >= 11 is 0. The topological polar surface area (TPSA) is 77.2 Å². The Morgan fingerprint density at radius 3 is 2.64 bits per heavy atom. The van der Waals surface area contributed by atoms with Gasteiger partial charge >= 0.3 is 0 Å². The minimum atomic E-state index is -0.692. The van der Waals surface area contributed by atoms with Crippen molar-refractivity contribution in [3.8, 4) is 0 Å². The second-order valence-corrected chi connectivity index (χ2v) is 7.83. The number of aryl methyl sites for hydroxylation is 1. The monoisotopic (exact) mass is 347 g/mol. The van der Waals surface area contributed by atoms with E-state index in [2.05, 4.69) is 18.7 Å². The number of amides is 2. The van der Waals surface area contributed by atoms with Crippen LogP contribution in [0.2, 0.25) is 0 Å². The summed E-state index contributed by atoms with van der Waals surface area (Å²) in [5.41, 5.74) is -0.692. The number of rotatable bonds is 3. The highest BCUT2D eigenvalue weighted by Gasteiger charge is 2.64. The Labute approximate surface area is 147 Å². The van der Waals surface area contributed by atoms with Gasteiger partial charge in [0.2, 0.25) is 5.91 Å². The molecule has 3 saturated heterocycles. The van der Waals surface area contributed by atoms with Crippen LogP contribution in [0.4, 0.5) is 0 Å². The highest BCUT2D eigenvalue weighted by atomic mass is 16.3. The number of imide groups is 1. The van der Waals surface area contributed by atoms with E-state index in [4.69, 9.17) is 4.42 Å². The van der Waals surface area contributed by atoms with Gasteiger partial charge in [0.25, 0.3) is 5.91 Å². The Kier molecular flexibility index (Phi) is 3.79. The number of nitrogens with zero attached hydrogens (tertiary/aromatic N) is 3. The number of likely N-dealkylation sites (tertiary alicyclic amines) is 1. The third kappa shape index (κ3) is 2.45. The van der Waals surface area contributed by atoms with Crippen molar-refractivity contribution in [1.82, 2.24) is 14.7 Å². The van der Waals surface area contributed by atoms with Gasteiger partial charge in [-0.25, -0.2) is 0 Å². The quantitative estimate of drug-likeness (QED) is 0.796. The first-order chi connectivity index (χ1) is 11.8. The standard InChI is InChI=1S/C18H25N3O4/c1-11(2)19-9-18(10-19)17(24)20(8-14-5-4-12(3)25-14)16(23)15-6-13(22)7-21(15)18/h4-5,11,13,15,22H,6-10H2,1-3H3/t13-,15+/m1/s1. The number of fused-ring (bicyclic) bond motifs is 2.